The van der Waals surface area contributed by atoms with E-state index in [4.69, 9.17) is 5.73 Å². The van der Waals surface area contributed by atoms with Crippen LogP contribution in [0.3, 0.4) is 0 Å². The zero-order chi connectivity index (χ0) is 13.7. The lowest BCUT2D eigenvalue weighted by molar-refractivity contribution is 0.138. The number of aliphatic hydroxyl groups is 1. The van der Waals surface area contributed by atoms with Crippen molar-refractivity contribution in [3.05, 3.63) is 6.07 Å². The van der Waals surface area contributed by atoms with Crippen LogP contribution in [0.5, 0.6) is 0 Å². The molecule has 0 radical (unpaired) electrons. The van der Waals surface area contributed by atoms with E-state index in [-0.39, 0.29) is 12.1 Å². The van der Waals surface area contributed by atoms with Gasteiger partial charge >= 0.3 is 0 Å². The van der Waals surface area contributed by atoms with Crippen molar-refractivity contribution in [3.8, 4) is 0 Å². The van der Waals surface area contributed by atoms with Gasteiger partial charge in [-0.05, 0) is 19.3 Å². The molecule has 19 heavy (non-hydrogen) atoms. The van der Waals surface area contributed by atoms with E-state index in [0.29, 0.717) is 11.7 Å². The molecule has 2 unspecified atom stereocenters. The Hall–Kier alpha value is -1.56. The molecule has 106 valence electrons. The first-order chi connectivity index (χ1) is 9.19. The van der Waals surface area contributed by atoms with E-state index in [1.54, 1.807) is 0 Å². The fraction of sp³-hybridized carbons (Fsp3) is 0.692. The molecule has 0 aromatic carbocycles. The van der Waals surface area contributed by atoms with Crippen LogP contribution in [0.15, 0.2) is 6.07 Å². The maximum Gasteiger partial charge on any atom is 0.223 e. The monoisotopic (exact) mass is 265 g/mol. The summed E-state index contributed by atoms with van der Waals surface area (Å²) >= 11 is 0. The summed E-state index contributed by atoms with van der Waals surface area (Å²) in [7, 11) is 0. The Balaban J connectivity index is 1.93. The number of nitrogens with two attached hydrogens (primary N) is 1. The van der Waals surface area contributed by atoms with E-state index in [2.05, 4.69) is 27.5 Å². The average Bonchev–Trinajstić information content (AvgIpc) is 2.79. The summed E-state index contributed by atoms with van der Waals surface area (Å²) in [5, 5.41) is 16.2. The minimum Gasteiger partial charge on any atom is -0.393 e. The molecule has 6 heteroatoms. The normalized spacial score (nSPS) is 22.4. The molecule has 2 rings (SSSR count). The predicted octanol–water partition coefficient (Wildman–Crippen LogP) is 1.45. The summed E-state index contributed by atoms with van der Waals surface area (Å²) in [6.07, 6.45) is 3.91. The van der Waals surface area contributed by atoms with Crippen LogP contribution in [-0.2, 0) is 0 Å². The molecule has 1 fully saturated rings. The Bertz CT molecular complexity index is 412. The molecule has 0 bridgehead atoms. The number of nitrogen functional groups attached to an aromatic ring is 1. The molecule has 0 saturated heterocycles. The summed E-state index contributed by atoms with van der Waals surface area (Å²) in [5.41, 5.74) is 5.69. The second-order valence-corrected chi connectivity index (χ2v) is 5.06. The highest BCUT2D eigenvalue weighted by Crippen LogP contribution is 2.25. The second kappa shape index (κ2) is 6.56. The van der Waals surface area contributed by atoms with E-state index in [1.807, 2.05) is 6.07 Å². The van der Waals surface area contributed by atoms with Crippen LogP contribution in [0.2, 0.25) is 0 Å². The molecule has 0 spiro atoms. The largest absolute Gasteiger partial charge is 0.393 e. The SMILES string of the molecule is CCCNc1cc(NCC2CCCC2O)nc(N)n1. The van der Waals surface area contributed by atoms with Gasteiger partial charge in [0.05, 0.1) is 6.10 Å². The van der Waals surface area contributed by atoms with Gasteiger partial charge in [-0.2, -0.15) is 9.97 Å². The van der Waals surface area contributed by atoms with Crippen molar-refractivity contribution in [1.82, 2.24) is 9.97 Å². The lowest BCUT2D eigenvalue weighted by Crippen LogP contribution is -2.22. The fourth-order valence-electron chi connectivity index (χ4n) is 2.39. The van der Waals surface area contributed by atoms with Crippen molar-refractivity contribution < 1.29 is 5.11 Å². The molecule has 2 atom stereocenters. The van der Waals surface area contributed by atoms with Crippen molar-refractivity contribution in [2.24, 2.45) is 5.92 Å². The first-order valence-corrected chi connectivity index (χ1v) is 6.99. The number of hydrogen-bond donors (Lipinski definition) is 4. The number of anilines is 3. The number of aliphatic hydroxyl groups excluding tert-OH is 1. The van der Waals surface area contributed by atoms with Crippen molar-refractivity contribution in [2.75, 3.05) is 29.5 Å². The minimum atomic E-state index is -0.190. The Labute approximate surface area is 113 Å². The first kappa shape index (κ1) is 13.9. The zero-order valence-electron chi connectivity index (χ0n) is 11.4. The van der Waals surface area contributed by atoms with E-state index in [0.717, 1.165) is 44.6 Å². The third kappa shape index (κ3) is 3.96. The zero-order valence-corrected chi connectivity index (χ0v) is 11.4. The van der Waals surface area contributed by atoms with E-state index >= 15 is 0 Å². The van der Waals surface area contributed by atoms with Crippen molar-refractivity contribution >= 4 is 17.6 Å². The highest BCUT2D eigenvalue weighted by molar-refractivity contribution is 5.51. The maximum atomic E-state index is 9.78. The van der Waals surface area contributed by atoms with Crippen LogP contribution in [-0.4, -0.2) is 34.3 Å². The van der Waals surface area contributed by atoms with Crippen LogP contribution in [0.1, 0.15) is 32.6 Å². The van der Waals surface area contributed by atoms with Gasteiger partial charge in [0.25, 0.3) is 0 Å². The van der Waals surface area contributed by atoms with Crippen LogP contribution in [0, 0.1) is 5.92 Å². The summed E-state index contributed by atoms with van der Waals surface area (Å²) < 4.78 is 0. The van der Waals surface area contributed by atoms with Gasteiger partial charge in [0.1, 0.15) is 11.6 Å². The molecule has 0 amide bonds. The van der Waals surface area contributed by atoms with E-state index < -0.39 is 0 Å². The van der Waals surface area contributed by atoms with Crippen molar-refractivity contribution in [3.63, 3.8) is 0 Å². The van der Waals surface area contributed by atoms with Crippen LogP contribution in [0.25, 0.3) is 0 Å². The minimum absolute atomic E-state index is 0.190. The number of nitrogens with one attached hydrogen (secondary N) is 2. The van der Waals surface area contributed by atoms with Gasteiger partial charge in [0.15, 0.2) is 0 Å². The number of nitrogens with zero attached hydrogens (tertiary/aromatic N) is 2. The standard InChI is InChI=1S/C13H23N5O/c1-2-6-15-11-7-12(18-13(14)17-11)16-8-9-4-3-5-10(9)19/h7,9-10,19H,2-6,8H2,1H3,(H4,14,15,16,17,18). The van der Waals surface area contributed by atoms with Gasteiger partial charge in [-0.3, -0.25) is 0 Å². The number of hydrogen-bond acceptors (Lipinski definition) is 6. The number of rotatable bonds is 6. The molecular formula is C13H23N5O. The van der Waals surface area contributed by atoms with Gasteiger partial charge in [0.2, 0.25) is 5.95 Å². The third-order valence-electron chi connectivity index (χ3n) is 3.46. The molecule has 1 aliphatic carbocycles. The number of aromatic nitrogens is 2. The highest BCUT2D eigenvalue weighted by atomic mass is 16.3. The average molecular weight is 265 g/mol. The topological polar surface area (TPSA) is 96.1 Å². The molecular weight excluding hydrogens is 242 g/mol. The summed E-state index contributed by atoms with van der Waals surface area (Å²) in [6.45, 7) is 3.68. The quantitative estimate of drug-likeness (QED) is 0.622. The third-order valence-corrected chi connectivity index (χ3v) is 3.46. The van der Waals surface area contributed by atoms with E-state index in [1.165, 1.54) is 0 Å². The second-order valence-electron chi connectivity index (χ2n) is 5.06. The van der Waals surface area contributed by atoms with Crippen LogP contribution < -0.4 is 16.4 Å². The van der Waals surface area contributed by atoms with Crippen LogP contribution >= 0.6 is 0 Å². The molecule has 1 heterocycles. The Kier molecular flexibility index (Phi) is 4.79. The van der Waals surface area contributed by atoms with E-state index in [9.17, 15) is 5.11 Å². The van der Waals surface area contributed by atoms with Crippen molar-refractivity contribution in [2.45, 2.75) is 38.7 Å². The molecule has 1 aromatic rings. The molecule has 1 aromatic heterocycles. The molecule has 1 saturated carbocycles. The van der Waals surface area contributed by atoms with Gasteiger partial charge in [-0.25, -0.2) is 0 Å². The lowest BCUT2D eigenvalue weighted by atomic mass is 10.1. The predicted molar refractivity (Wildman–Crippen MR) is 77.1 cm³/mol. The Morgan fingerprint density at radius 1 is 1.32 bits per heavy atom. The Morgan fingerprint density at radius 3 is 2.68 bits per heavy atom. The van der Waals surface area contributed by atoms with Crippen molar-refractivity contribution in [1.29, 1.82) is 0 Å². The van der Waals surface area contributed by atoms with Crippen LogP contribution in [0.4, 0.5) is 17.6 Å². The molecule has 5 N–H and O–H groups in total. The molecule has 6 nitrogen and oxygen atoms in total. The summed E-state index contributed by atoms with van der Waals surface area (Å²) in [4.78, 5) is 8.29. The summed E-state index contributed by atoms with van der Waals surface area (Å²) in [5.74, 6) is 2.02. The summed E-state index contributed by atoms with van der Waals surface area (Å²) in [6, 6.07) is 1.85. The van der Waals surface area contributed by atoms with Gasteiger partial charge in [0, 0.05) is 25.1 Å². The first-order valence-electron chi connectivity index (χ1n) is 6.99. The Morgan fingerprint density at radius 2 is 2.05 bits per heavy atom. The molecule has 1 aliphatic rings. The maximum absolute atomic E-state index is 9.78. The van der Waals surface area contributed by atoms with Gasteiger partial charge in [-0.1, -0.05) is 13.3 Å². The lowest BCUT2D eigenvalue weighted by Gasteiger charge is -2.16. The van der Waals surface area contributed by atoms with Gasteiger partial charge < -0.3 is 21.5 Å². The smallest absolute Gasteiger partial charge is 0.223 e. The van der Waals surface area contributed by atoms with Gasteiger partial charge in [-0.15, -0.1) is 0 Å². The highest BCUT2D eigenvalue weighted by Gasteiger charge is 2.24. The fourth-order valence-corrected chi connectivity index (χ4v) is 2.39. The molecule has 0 aliphatic heterocycles.